The second-order valence-corrected chi connectivity index (χ2v) is 7.01. The second-order valence-electron chi connectivity index (χ2n) is 7.01. The molecule has 0 fully saturated rings. The fraction of sp³-hybridized carbons (Fsp3) is 0.867. The van der Waals surface area contributed by atoms with Gasteiger partial charge in [0.25, 0.3) is 0 Å². The summed E-state index contributed by atoms with van der Waals surface area (Å²) in [6.07, 6.45) is 7.45. The molecule has 1 unspecified atom stereocenters. The van der Waals surface area contributed by atoms with Crippen molar-refractivity contribution >= 4 is 0 Å². The first kappa shape index (κ1) is 16.2. The fourth-order valence-corrected chi connectivity index (χ4v) is 2.24. The van der Waals surface area contributed by atoms with Crippen molar-refractivity contribution in [1.82, 2.24) is 14.8 Å². The van der Waals surface area contributed by atoms with Crippen molar-refractivity contribution in [2.24, 2.45) is 11.3 Å². The van der Waals surface area contributed by atoms with E-state index < -0.39 is 5.60 Å². The van der Waals surface area contributed by atoms with Crippen molar-refractivity contribution in [2.75, 3.05) is 0 Å². The normalized spacial score (nSPS) is 15.7. The molecule has 1 heterocycles. The highest BCUT2D eigenvalue weighted by molar-refractivity contribution is 4.90. The molecule has 0 saturated carbocycles. The summed E-state index contributed by atoms with van der Waals surface area (Å²) >= 11 is 0. The van der Waals surface area contributed by atoms with E-state index in [2.05, 4.69) is 44.7 Å². The zero-order valence-corrected chi connectivity index (χ0v) is 13.1. The van der Waals surface area contributed by atoms with E-state index in [0.29, 0.717) is 6.54 Å². The Kier molecular flexibility index (Phi) is 5.53. The van der Waals surface area contributed by atoms with Gasteiger partial charge in [0.2, 0.25) is 0 Å². The maximum atomic E-state index is 11.0. The van der Waals surface area contributed by atoms with Crippen molar-refractivity contribution in [3.63, 3.8) is 0 Å². The van der Waals surface area contributed by atoms with Gasteiger partial charge in [-0.3, -0.25) is 4.68 Å². The molecule has 0 aliphatic carbocycles. The Morgan fingerprint density at radius 1 is 1.21 bits per heavy atom. The van der Waals surface area contributed by atoms with Crippen LogP contribution >= 0.6 is 0 Å². The first-order valence-electron chi connectivity index (χ1n) is 7.29. The third-order valence-electron chi connectivity index (χ3n) is 3.91. The molecule has 0 amide bonds. The molecule has 4 heteroatoms. The van der Waals surface area contributed by atoms with E-state index in [1.165, 1.54) is 19.2 Å². The molecule has 1 N–H and O–H groups in total. The molecular formula is C15H29N3O. The van der Waals surface area contributed by atoms with E-state index in [4.69, 9.17) is 0 Å². The maximum Gasteiger partial charge on any atom is 0.137 e. The number of nitrogens with zero attached hydrogens (tertiary/aromatic N) is 3. The van der Waals surface area contributed by atoms with Crippen LogP contribution in [0.5, 0.6) is 0 Å². The van der Waals surface area contributed by atoms with Crippen LogP contribution in [-0.2, 0) is 6.54 Å². The monoisotopic (exact) mass is 267 g/mol. The zero-order valence-electron chi connectivity index (χ0n) is 13.1. The third kappa shape index (κ3) is 4.94. The van der Waals surface area contributed by atoms with Crippen molar-refractivity contribution in [3.05, 3.63) is 12.7 Å². The van der Waals surface area contributed by atoms with E-state index >= 15 is 0 Å². The Hall–Kier alpha value is -0.900. The van der Waals surface area contributed by atoms with Crippen LogP contribution in [0.4, 0.5) is 0 Å². The molecule has 0 radical (unpaired) electrons. The lowest BCUT2D eigenvalue weighted by atomic mass is 9.73. The molecule has 1 rings (SSSR count). The van der Waals surface area contributed by atoms with Gasteiger partial charge in [-0.15, -0.1) is 0 Å². The van der Waals surface area contributed by atoms with Gasteiger partial charge in [-0.1, -0.05) is 53.9 Å². The van der Waals surface area contributed by atoms with Gasteiger partial charge in [0, 0.05) is 0 Å². The van der Waals surface area contributed by atoms with E-state index in [9.17, 15) is 5.11 Å². The maximum absolute atomic E-state index is 11.0. The van der Waals surface area contributed by atoms with Gasteiger partial charge in [-0.25, -0.2) is 4.98 Å². The highest BCUT2D eigenvalue weighted by Gasteiger charge is 2.40. The quantitative estimate of drug-likeness (QED) is 0.771. The van der Waals surface area contributed by atoms with E-state index in [0.717, 1.165) is 18.8 Å². The van der Waals surface area contributed by atoms with Gasteiger partial charge >= 0.3 is 0 Å². The lowest BCUT2D eigenvalue weighted by Gasteiger charge is -2.40. The molecule has 19 heavy (non-hydrogen) atoms. The number of hydrogen-bond acceptors (Lipinski definition) is 3. The number of hydrogen-bond donors (Lipinski definition) is 1. The van der Waals surface area contributed by atoms with Crippen molar-refractivity contribution in [2.45, 2.75) is 72.4 Å². The summed E-state index contributed by atoms with van der Waals surface area (Å²) in [4.78, 5) is 3.95. The van der Waals surface area contributed by atoms with Crippen LogP contribution in [-0.4, -0.2) is 25.5 Å². The van der Waals surface area contributed by atoms with Crippen LogP contribution in [0, 0.1) is 11.3 Å². The molecule has 0 aromatic carbocycles. The Morgan fingerprint density at radius 3 is 2.37 bits per heavy atom. The SMILES string of the molecule is CC(C)CCCCC(O)(Cn1cncn1)C(C)(C)C. The van der Waals surface area contributed by atoms with Crippen LogP contribution < -0.4 is 0 Å². The summed E-state index contributed by atoms with van der Waals surface area (Å²) in [6, 6.07) is 0. The second kappa shape index (κ2) is 6.51. The summed E-state index contributed by atoms with van der Waals surface area (Å²) < 4.78 is 1.73. The van der Waals surface area contributed by atoms with E-state index in [-0.39, 0.29) is 5.41 Å². The average molecular weight is 267 g/mol. The van der Waals surface area contributed by atoms with Crippen LogP contribution in [0.15, 0.2) is 12.7 Å². The zero-order chi connectivity index (χ0) is 14.5. The predicted molar refractivity (Wildman–Crippen MR) is 77.7 cm³/mol. The van der Waals surface area contributed by atoms with E-state index in [1.54, 1.807) is 11.0 Å². The number of rotatable bonds is 7. The fourth-order valence-electron chi connectivity index (χ4n) is 2.24. The van der Waals surface area contributed by atoms with Crippen LogP contribution in [0.3, 0.4) is 0 Å². The smallest absolute Gasteiger partial charge is 0.137 e. The molecule has 0 aliphatic heterocycles. The van der Waals surface area contributed by atoms with Gasteiger partial charge in [0.1, 0.15) is 12.7 Å². The molecule has 110 valence electrons. The summed E-state index contributed by atoms with van der Waals surface area (Å²) in [5.74, 6) is 0.734. The first-order valence-corrected chi connectivity index (χ1v) is 7.29. The standard InChI is InChI=1S/C15H29N3O/c1-13(2)8-6-7-9-15(19,14(3,4)5)10-18-12-16-11-17-18/h11-13,19H,6-10H2,1-5H3. The van der Waals surface area contributed by atoms with Crippen LogP contribution in [0.2, 0.25) is 0 Å². The molecule has 1 atom stereocenters. The molecular weight excluding hydrogens is 238 g/mol. The topological polar surface area (TPSA) is 50.9 Å². The summed E-state index contributed by atoms with van der Waals surface area (Å²) in [5.41, 5.74) is -0.908. The Bertz CT molecular complexity index is 354. The molecule has 0 aliphatic rings. The van der Waals surface area contributed by atoms with Gasteiger partial charge in [-0.2, -0.15) is 5.10 Å². The van der Waals surface area contributed by atoms with Crippen molar-refractivity contribution in [3.8, 4) is 0 Å². The largest absolute Gasteiger partial charge is 0.387 e. The number of aromatic nitrogens is 3. The average Bonchev–Trinajstić information content (AvgIpc) is 2.75. The molecule has 1 aromatic heterocycles. The third-order valence-corrected chi connectivity index (χ3v) is 3.91. The molecule has 0 bridgehead atoms. The Morgan fingerprint density at radius 2 is 1.89 bits per heavy atom. The lowest BCUT2D eigenvalue weighted by Crippen LogP contribution is -2.46. The van der Waals surface area contributed by atoms with Gasteiger partial charge in [0.15, 0.2) is 0 Å². The van der Waals surface area contributed by atoms with Crippen LogP contribution in [0.1, 0.15) is 60.3 Å². The predicted octanol–water partition coefficient (Wildman–Crippen LogP) is 3.27. The van der Waals surface area contributed by atoms with Crippen LogP contribution in [0.25, 0.3) is 0 Å². The van der Waals surface area contributed by atoms with Gasteiger partial charge < -0.3 is 5.11 Å². The van der Waals surface area contributed by atoms with E-state index in [1.807, 2.05) is 0 Å². The molecule has 4 nitrogen and oxygen atoms in total. The molecule has 0 spiro atoms. The minimum atomic E-state index is -0.738. The highest BCUT2D eigenvalue weighted by atomic mass is 16.3. The number of aliphatic hydroxyl groups is 1. The summed E-state index contributed by atoms with van der Waals surface area (Å²) in [7, 11) is 0. The first-order chi connectivity index (χ1) is 8.74. The summed E-state index contributed by atoms with van der Waals surface area (Å²) in [6.45, 7) is 11.3. The number of unbranched alkanes of at least 4 members (excludes halogenated alkanes) is 1. The summed E-state index contributed by atoms with van der Waals surface area (Å²) in [5, 5.41) is 15.1. The van der Waals surface area contributed by atoms with Crippen molar-refractivity contribution < 1.29 is 5.11 Å². The molecule has 1 aromatic rings. The lowest BCUT2D eigenvalue weighted by molar-refractivity contribution is -0.0815. The highest BCUT2D eigenvalue weighted by Crippen LogP contribution is 2.36. The minimum absolute atomic E-state index is 0.170. The van der Waals surface area contributed by atoms with Crippen molar-refractivity contribution in [1.29, 1.82) is 0 Å². The Labute approximate surface area is 117 Å². The minimum Gasteiger partial charge on any atom is -0.387 e. The molecule has 0 saturated heterocycles. The van der Waals surface area contributed by atoms with Gasteiger partial charge in [-0.05, 0) is 17.8 Å². The Balaban J connectivity index is 2.61. The van der Waals surface area contributed by atoms with Gasteiger partial charge in [0.05, 0.1) is 12.1 Å².